The summed E-state index contributed by atoms with van der Waals surface area (Å²) in [6, 6.07) is 0. The van der Waals surface area contributed by atoms with Gasteiger partial charge in [-0.05, 0) is 25.7 Å². The Balaban J connectivity index is 2.35. The van der Waals surface area contributed by atoms with Gasteiger partial charge in [0, 0.05) is 0 Å². The number of hydrogen-bond donors (Lipinski definition) is 1. The molecule has 0 aliphatic carbocycles. The van der Waals surface area contributed by atoms with Crippen LogP contribution < -0.4 is 5.73 Å². The first-order chi connectivity index (χ1) is 4.10. The first kappa shape index (κ1) is 7.03. The van der Waals surface area contributed by atoms with Gasteiger partial charge in [0.2, 0.25) is 0 Å². The van der Waals surface area contributed by atoms with Crippen LogP contribution in [0.4, 0.5) is 0 Å². The second kappa shape index (κ2) is 2.27. The van der Waals surface area contributed by atoms with Crippen LogP contribution in [0.1, 0.15) is 26.7 Å². The van der Waals surface area contributed by atoms with Gasteiger partial charge < -0.3 is 10.5 Å². The maximum atomic E-state index is 5.72. The van der Waals surface area contributed by atoms with E-state index in [1.807, 2.05) is 6.92 Å². The molecule has 1 fully saturated rings. The van der Waals surface area contributed by atoms with E-state index in [0.717, 1.165) is 13.0 Å². The van der Waals surface area contributed by atoms with Crippen molar-refractivity contribution >= 4 is 0 Å². The maximum Gasteiger partial charge on any atom is 0.113 e. The summed E-state index contributed by atoms with van der Waals surface area (Å²) in [5.74, 6) is 0.696. The van der Waals surface area contributed by atoms with Crippen LogP contribution in [0.5, 0.6) is 0 Å². The van der Waals surface area contributed by atoms with Crippen LogP contribution in [0.3, 0.4) is 0 Å². The maximum absolute atomic E-state index is 5.72. The van der Waals surface area contributed by atoms with Crippen molar-refractivity contribution in [3.8, 4) is 0 Å². The van der Waals surface area contributed by atoms with E-state index in [9.17, 15) is 0 Å². The Labute approximate surface area is 56.4 Å². The minimum Gasteiger partial charge on any atom is -0.361 e. The third kappa shape index (κ3) is 1.95. The van der Waals surface area contributed by atoms with Crippen molar-refractivity contribution < 1.29 is 4.74 Å². The number of rotatable bonds is 0. The topological polar surface area (TPSA) is 35.2 Å². The van der Waals surface area contributed by atoms with Crippen LogP contribution in [0, 0.1) is 5.92 Å². The molecule has 2 unspecified atom stereocenters. The first-order valence-electron chi connectivity index (χ1n) is 3.53. The molecule has 2 N–H and O–H groups in total. The summed E-state index contributed by atoms with van der Waals surface area (Å²) >= 11 is 0. The van der Waals surface area contributed by atoms with Crippen molar-refractivity contribution in [2.24, 2.45) is 11.7 Å². The number of nitrogens with two attached hydrogens (primary N) is 1. The number of ether oxygens (including phenoxy) is 1. The van der Waals surface area contributed by atoms with Crippen molar-refractivity contribution in [3.05, 3.63) is 0 Å². The summed E-state index contributed by atoms with van der Waals surface area (Å²) in [6.07, 6.45) is 2.20. The molecule has 0 spiro atoms. The fraction of sp³-hybridized carbons (Fsp3) is 1.00. The van der Waals surface area contributed by atoms with Crippen molar-refractivity contribution in [1.82, 2.24) is 0 Å². The molecule has 54 valence electrons. The minimum atomic E-state index is -0.341. The molecule has 1 aliphatic heterocycles. The highest BCUT2D eigenvalue weighted by Gasteiger charge is 2.25. The van der Waals surface area contributed by atoms with Crippen LogP contribution in [-0.4, -0.2) is 12.3 Å². The molecular formula is C7H15NO. The summed E-state index contributed by atoms with van der Waals surface area (Å²) in [7, 11) is 0. The SMILES string of the molecule is CC1CCC(C)(N)OC1. The minimum absolute atomic E-state index is 0.341. The lowest BCUT2D eigenvalue weighted by Crippen LogP contribution is -2.44. The Hall–Kier alpha value is -0.0800. The molecule has 1 rings (SSSR count). The Morgan fingerprint density at radius 2 is 2.33 bits per heavy atom. The smallest absolute Gasteiger partial charge is 0.113 e. The second-order valence-corrected chi connectivity index (χ2v) is 3.27. The van der Waals surface area contributed by atoms with Crippen LogP contribution in [-0.2, 0) is 4.74 Å². The Bertz CT molecular complexity index is 91.1. The van der Waals surface area contributed by atoms with Crippen LogP contribution >= 0.6 is 0 Å². The van der Waals surface area contributed by atoms with Crippen molar-refractivity contribution in [1.29, 1.82) is 0 Å². The summed E-state index contributed by atoms with van der Waals surface area (Å²) < 4.78 is 5.36. The lowest BCUT2D eigenvalue weighted by Gasteiger charge is -2.32. The van der Waals surface area contributed by atoms with Gasteiger partial charge in [-0.3, -0.25) is 0 Å². The quantitative estimate of drug-likeness (QED) is 0.531. The highest BCUT2D eigenvalue weighted by molar-refractivity contribution is 4.73. The van der Waals surface area contributed by atoms with Gasteiger partial charge in [-0.2, -0.15) is 0 Å². The Morgan fingerprint density at radius 1 is 1.67 bits per heavy atom. The molecule has 0 aromatic heterocycles. The highest BCUT2D eigenvalue weighted by Crippen LogP contribution is 2.22. The molecule has 2 nitrogen and oxygen atoms in total. The van der Waals surface area contributed by atoms with Crippen LogP contribution in [0.15, 0.2) is 0 Å². The zero-order valence-corrected chi connectivity index (χ0v) is 6.18. The van der Waals surface area contributed by atoms with Crippen molar-refractivity contribution in [2.45, 2.75) is 32.4 Å². The largest absolute Gasteiger partial charge is 0.361 e. The molecular weight excluding hydrogens is 114 g/mol. The van der Waals surface area contributed by atoms with E-state index in [1.54, 1.807) is 0 Å². The van der Waals surface area contributed by atoms with Crippen LogP contribution in [0.25, 0.3) is 0 Å². The van der Waals surface area contributed by atoms with Gasteiger partial charge in [-0.1, -0.05) is 6.92 Å². The van der Waals surface area contributed by atoms with E-state index in [-0.39, 0.29) is 5.72 Å². The van der Waals surface area contributed by atoms with E-state index in [1.165, 1.54) is 6.42 Å². The molecule has 9 heavy (non-hydrogen) atoms. The second-order valence-electron chi connectivity index (χ2n) is 3.27. The molecule has 0 aromatic carbocycles. The zero-order valence-electron chi connectivity index (χ0n) is 6.18. The average molecular weight is 129 g/mol. The van der Waals surface area contributed by atoms with Gasteiger partial charge in [0.05, 0.1) is 6.61 Å². The van der Waals surface area contributed by atoms with E-state index >= 15 is 0 Å². The molecule has 0 aromatic rings. The highest BCUT2D eigenvalue weighted by atomic mass is 16.5. The number of hydrogen-bond acceptors (Lipinski definition) is 2. The summed E-state index contributed by atoms with van der Waals surface area (Å²) in [6.45, 7) is 4.96. The molecule has 0 bridgehead atoms. The predicted octanol–water partition coefficient (Wildman–Crippen LogP) is 1.11. The molecule has 0 amide bonds. The van der Waals surface area contributed by atoms with Crippen LogP contribution in [0.2, 0.25) is 0 Å². The fourth-order valence-electron chi connectivity index (χ4n) is 1.02. The Morgan fingerprint density at radius 3 is 2.67 bits per heavy atom. The standard InChI is InChI=1S/C7H15NO/c1-6-3-4-7(2,8)9-5-6/h6H,3-5,8H2,1-2H3. The third-order valence-electron chi connectivity index (χ3n) is 1.83. The van der Waals surface area contributed by atoms with Gasteiger partial charge in [-0.25, -0.2) is 0 Å². The monoisotopic (exact) mass is 129 g/mol. The van der Waals surface area contributed by atoms with E-state index in [2.05, 4.69) is 6.92 Å². The summed E-state index contributed by atoms with van der Waals surface area (Å²) in [4.78, 5) is 0. The molecule has 2 heteroatoms. The van der Waals surface area contributed by atoms with E-state index in [4.69, 9.17) is 10.5 Å². The normalized spacial score (nSPS) is 45.0. The molecule has 0 saturated carbocycles. The molecule has 0 radical (unpaired) electrons. The van der Waals surface area contributed by atoms with E-state index in [0.29, 0.717) is 5.92 Å². The van der Waals surface area contributed by atoms with Gasteiger partial charge in [0.15, 0.2) is 0 Å². The van der Waals surface area contributed by atoms with Gasteiger partial charge in [-0.15, -0.1) is 0 Å². The molecule has 1 heterocycles. The first-order valence-corrected chi connectivity index (χ1v) is 3.53. The van der Waals surface area contributed by atoms with Gasteiger partial charge >= 0.3 is 0 Å². The fourth-order valence-corrected chi connectivity index (χ4v) is 1.02. The van der Waals surface area contributed by atoms with Gasteiger partial charge in [0.1, 0.15) is 5.72 Å². The van der Waals surface area contributed by atoms with Crippen molar-refractivity contribution in [2.75, 3.05) is 6.61 Å². The molecule has 1 aliphatic rings. The van der Waals surface area contributed by atoms with Crippen molar-refractivity contribution in [3.63, 3.8) is 0 Å². The lowest BCUT2D eigenvalue weighted by atomic mass is 9.98. The van der Waals surface area contributed by atoms with E-state index < -0.39 is 0 Å². The predicted molar refractivity (Wildman–Crippen MR) is 36.9 cm³/mol. The zero-order chi connectivity index (χ0) is 6.91. The Kier molecular flexibility index (Phi) is 1.78. The summed E-state index contributed by atoms with van der Waals surface area (Å²) in [5.41, 5.74) is 5.38. The summed E-state index contributed by atoms with van der Waals surface area (Å²) in [5, 5.41) is 0. The molecule has 2 atom stereocenters. The lowest BCUT2D eigenvalue weighted by molar-refractivity contribution is -0.0810. The third-order valence-corrected chi connectivity index (χ3v) is 1.83. The average Bonchev–Trinajstić information content (AvgIpc) is 1.78. The van der Waals surface area contributed by atoms with Gasteiger partial charge in [0.25, 0.3) is 0 Å². The molecule has 1 saturated heterocycles.